The van der Waals surface area contributed by atoms with Crippen molar-refractivity contribution in [3.63, 3.8) is 0 Å². The predicted molar refractivity (Wildman–Crippen MR) is 155 cm³/mol. The second kappa shape index (κ2) is 11.3. The molecule has 1 saturated heterocycles. The van der Waals surface area contributed by atoms with E-state index in [0.29, 0.717) is 60.4 Å². The van der Waals surface area contributed by atoms with E-state index >= 15 is 0 Å². The fourth-order valence-corrected chi connectivity index (χ4v) is 5.23. The summed E-state index contributed by atoms with van der Waals surface area (Å²) in [5.74, 6) is 3.60. The van der Waals surface area contributed by atoms with Gasteiger partial charge in [0.15, 0.2) is 11.5 Å². The van der Waals surface area contributed by atoms with Gasteiger partial charge < -0.3 is 38.6 Å². The molecule has 1 aromatic carbocycles. The fourth-order valence-electron chi connectivity index (χ4n) is 5.23. The molecule has 1 amide bonds. The second-order valence-corrected chi connectivity index (χ2v) is 11.3. The van der Waals surface area contributed by atoms with Crippen molar-refractivity contribution < 1.29 is 23.7 Å². The average molecular weight is 566 g/mol. The summed E-state index contributed by atoms with van der Waals surface area (Å²) in [6.07, 6.45) is 6.03. The molecule has 3 aromatic rings. The number of amides is 1. The Morgan fingerprint density at radius 1 is 1.05 bits per heavy atom. The smallest absolute Gasteiger partial charge is 0.410 e. The molecule has 2 aromatic heterocycles. The summed E-state index contributed by atoms with van der Waals surface area (Å²) in [5.41, 5.74) is 2.02. The number of nitrogens with zero attached hydrogens (tertiary/aromatic N) is 6. The molecule has 1 fully saturated rings. The fraction of sp³-hybridized carbons (Fsp3) is 0.517. The highest BCUT2D eigenvalue weighted by Crippen LogP contribution is 2.39. The number of hydrogen-bond donors (Lipinski definition) is 1. The van der Waals surface area contributed by atoms with Crippen LogP contribution in [0.1, 0.15) is 51.8 Å². The summed E-state index contributed by atoms with van der Waals surface area (Å²) in [6, 6.07) is 4.06. The number of rotatable bonds is 7. The van der Waals surface area contributed by atoms with Crippen LogP contribution in [0, 0.1) is 0 Å². The Hall–Kier alpha value is -4.22. The van der Waals surface area contributed by atoms with E-state index in [1.807, 2.05) is 43.7 Å². The summed E-state index contributed by atoms with van der Waals surface area (Å²) in [6.45, 7) is 9.57. The number of carbonyl (C=O) groups is 1. The first-order valence-electron chi connectivity index (χ1n) is 13.9. The molecule has 41 heavy (non-hydrogen) atoms. The van der Waals surface area contributed by atoms with E-state index in [4.69, 9.17) is 28.9 Å². The molecule has 220 valence electrons. The van der Waals surface area contributed by atoms with Gasteiger partial charge in [0.1, 0.15) is 23.6 Å². The van der Waals surface area contributed by atoms with Crippen LogP contribution in [0.3, 0.4) is 0 Å². The average Bonchev–Trinajstić information content (AvgIpc) is 3.59. The Bertz CT molecular complexity index is 1390. The highest BCUT2D eigenvalue weighted by molar-refractivity contribution is 5.69. The van der Waals surface area contributed by atoms with Crippen LogP contribution >= 0.6 is 0 Å². The van der Waals surface area contributed by atoms with E-state index in [9.17, 15) is 4.79 Å². The second-order valence-electron chi connectivity index (χ2n) is 11.3. The maximum atomic E-state index is 12.9. The Morgan fingerprint density at radius 3 is 2.39 bits per heavy atom. The van der Waals surface area contributed by atoms with Gasteiger partial charge in [0.2, 0.25) is 11.7 Å². The summed E-state index contributed by atoms with van der Waals surface area (Å²) in [4.78, 5) is 31.3. The Balaban J connectivity index is 1.46. The maximum Gasteiger partial charge on any atom is 0.410 e. The van der Waals surface area contributed by atoms with Crippen LogP contribution in [0.25, 0.3) is 5.69 Å². The third-order valence-electron chi connectivity index (χ3n) is 7.29. The molecule has 0 radical (unpaired) electrons. The zero-order chi connectivity index (χ0) is 29.3. The molecule has 2 aliphatic heterocycles. The van der Waals surface area contributed by atoms with Crippen molar-refractivity contribution >= 4 is 23.7 Å². The molecular weight excluding hydrogens is 526 g/mol. The van der Waals surface area contributed by atoms with Crippen molar-refractivity contribution in [1.29, 1.82) is 0 Å². The molecule has 5 rings (SSSR count). The number of carbonyl (C=O) groups excluding carboxylic acids is 1. The lowest BCUT2D eigenvalue weighted by Crippen LogP contribution is -2.41. The lowest BCUT2D eigenvalue weighted by Gasteiger charge is -2.32. The Labute approximate surface area is 240 Å². The third kappa shape index (κ3) is 5.96. The molecule has 0 bridgehead atoms. The van der Waals surface area contributed by atoms with Gasteiger partial charge in [-0.1, -0.05) is 0 Å². The normalized spacial score (nSPS) is 16.8. The number of hydrogen-bond acceptors (Lipinski definition) is 10. The summed E-state index contributed by atoms with van der Waals surface area (Å²) in [7, 11) is 4.75. The van der Waals surface area contributed by atoms with Crippen molar-refractivity contribution in [2.24, 2.45) is 0 Å². The Kier molecular flexibility index (Phi) is 7.83. The zero-order valence-corrected chi connectivity index (χ0v) is 24.9. The number of fused-ring (bicyclic) bond motifs is 1. The first-order valence-corrected chi connectivity index (χ1v) is 13.9. The third-order valence-corrected chi connectivity index (χ3v) is 7.29. The van der Waals surface area contributed by atoms with E-state index < -0.39 is 5.60 Å². The minimum Gasteiger partial charge on any atom is -0.493 e. The molecule has 12 heteroatoms. The van der Waals surface area contributed by atoms with E-state index in [-0.39, 0.29) is 6.09 Å². The van der Waals surface area contributed by atoms with Gasteiger partial charge in [-0.3, -0.25) is 0 Å². The van der Waals surface area contributed by atoms with Gasteiger partial charge in [-0.05, 0) is 47.0 Å². The van der Waals surface area contributed by atoms with Crippen LogP contribution in [0.5, 0.6) is 17.2 Å². The number of benzene rings is 1. The van der Waals surface area contributed by atoms with Crippen molar-refractivity contribution in [2.45, 2.75) is 65.1 Å². The molecule has 0 spiro atoms. The molecule has 4 heterocycles. The van der Waals surface area contributed by atoms with Gasteiger partial charge in [0.05, 0.1) is 45.5 Å². The van der Waals surface area contributed by atoms with Crippen LogP contribution < -0.4 is 24.4 Å². The lowest BCUT2D eigenvalue weighted by atomic mass is 10.1. The molecule has 0 aliphatic carbocycles. The number of nitrogens with one attached hydrogen (secondary N) is 1. The van der Waals surface area contributed by atoms with Crippen molar-refractivity contribution in [3.8, 4) is 22.9 Å². The highest BCUT2D eigenvalue weighted by Gasteiger charge is 2.31. The van der Waals surface area contributed by atoms with Crippen molar-refractivity contribution in [3.05, 3.63) is 35.9 Å². The predicted octanol–water partition coefficient (Wildman–Crippen LogP) is 4.71. The number of aromatic nitrogens is 4. The van der Waals surface area contributed by atoms with Crippen LogP contribution in [-0.2, 0) is 17.7 Å². The summed E-state index contributed by atoms with van der Waals surface area (Å²) < 4.78 is 24.0. The van der Waals surface area contributed by atoms with Gasteiger partial charge in [-0.2, -0.15) is 4.98 Å². The monoisotopic (exact) mass is 565 g/mol. The quantitative estimate of drug-likeness (QED) is 0.432. The van der Waals surface area contributed by atoms with Crippen LogP contribution in [0.15, 0.2) is 24.7 Å². The summed E-state index contributed by atoms with van der Waals surface area (Å²) >= 11 is 0. The first kappa shape index (κ1) is 28.3. The number of imidazole rings is 1. The van der Waals surface area contributed by atoms with E-state index in [1.54, 1.807) is 32.6 Å². The van der Waals surface area contributed by atoms with Crippen LogP contribution in [-0.4, -0.2) is 76.6 Å². The molecule has 2 aliphatic rings. The van der Waals surface area contributed by atoms with E-state index in [1.165, 1.54) is 0 Å². The minimum absolute atomic E-state index is 0.337. The first-order chi connectivity index (χ1) is 19.6. The number of methoxy groups -OCH3 is 3. The highest BCUT2D eigenvalue weighted by atomic mass is 16.6. The van der Waals surface area contributed by atoms with Crippen molar-refractivity contribution in [2.75, 3.05) is 44.6 Å². The molecule has 0 unspecified atom stereocenters. The zero-order valence-electron chi connectivity index (χ0n) is 24.9. The summed E-state index contributed by atoms with van der Waals surface area (Å²) in [5, 5.41) is 3.43. The van der Waals surface area contributed by atoms with Gasteiger partial charge >= 0.3 is 6.09 Å². The Morgan fingerprint density at radius 2 is 1.78 bits per heavy atom. The molecule has 0 saturated carbocycles. The maximum absolute atomic E-state index is 12.9. The van der Waals surface area contributed by atoms with Crippen LogP contribution in [0.4, 0.5) is 22.4 Å². The van der Waals surface area contributed by atoms with E-state index in [0.717, 1.165) is 36.3 Å². The van der Waals surface area contributed by atoms with Crippen molar-refractivity contribution in [1.82, 2.24) is 24.4 Å². The largest absolute Gasteiger partial charge is 0.493 e. The standard InChI is InChI=1S/C29H39N7O5/c1-18-9-8-11-36(18)27-31-21-15-34(28(37)41-29(2,3)4)12-10-20(21)26(33-27)32-24-16-35(17-30-24)19-13-22(38-5)25(40-7)23(14-19)39-6/h13-14,16-18H,8-12,15H2,1-7H3,(H,31,32,33)/t18-/m1/s1. The lowest BCUT2D eigenvalue weighted by molar-refractivity contribution is 0.0221. The van der Waals surface area contributed by atoms with Gasteiger partial charge in [0, 0.05) is 36.8 Å². The minimum atomic E-state index is -0.567. The van der Waals surface area contributed by atoms with E-state index in [2.05, 4.69) is 22.1 Å². The van der Waals surface area contributed by atoms with Gasteiger partial charge in [-0.15, -0.1) is 0 Å². The number of ether oxygens (including phenoxy) is 4. The molecule has 1 atom stereocenters. The SMILES string of the molecule is COc1cc(-n2cnc(Nc3nc(N4CCC[C@H]4C)nc4c3CCN(C(=O)OC(C)(C)C)C4)c2)cc(OC)c1OC. The molecule has 1 N–H and O–H groups in total. The van der Waals surface area contributed by atoms with Crippen LogP contribution in [0.2, 0.25) is 0 Å². The molecule has 12 nitrogen and oxygen atoms in total. The van der Waals surface area contributed by atoms with Gasteiger partial charge in [0.25, 0.3) is 0 Å². The molecular formula is C29H39N7O5. The topological polar surface area (TPSA) is 116 Å². The number of anilines is 3. The van der Waals surface area contributed by atoms with Gasteiger partial charge in [-0.25, -0.2) is 14.8 Å².